The number of benzene rings is 1. The van der Waals surface area contributed by atoms with Crippen LogP contribution in [-0.2, 0) is 6.42 Å². The third-order valence-corrected chi connectivity index (χ3v) is 3.50. The maximum Gasteiger partial charge on any atom is 0.173 e. The molecule has 0 radical (unpaired) electrons. The van der Waals surface area contributed by atoms with Crippen LogP contribution in [-0.4, -0.2) is 22.9 Å². The van der Waals surface area contributed by atoms with Gasteiger partial charge < -0.3 is 9.72 Å². The monoisotopic (exact) mass is 298 g/mol. The number of H-pyrrole nitrogens is 1. The van der Waals surface area contributed by atoms with Crippen molar-refractivity contribution in [2.24, 2.45) is 0 Å². The maximum atomic E-state index is 13.9. The Morgan fingerprint density at radius 3 is 2.95 bits per heavy atom. The Labute approximate surface area is 126 Å². The SMILES string of the molecule is COc1cccc(F)c1C(=O)Cc1cnc2[nH]c(C)cc2c1. The molecule has 0 saturated carbocycles. The van der Waals surface area contributed by atoms with Gasteiger partial charge in [-0.1, -0.05) is 6.07 Å². The predicted octanol–water partition coefficient (Wildman–Crippen LogP) is 3.44. The van der Waals surface area contributed by atoms with Crippen molar-refractivity contribution < 1.29 is 13.9 Å². The summed E-state index contributed by atoms with van der Waals surface area (Å²) < 4.78 is 19.0. The number of nitrogens with zero attached hydrogens (tertiary/aromatic N) is 1. The van der Waals surface area contributed by atoms with Gasteiger partial charge in [0.05, 0.1) is 12.7 Å². The van der Waals surface area contributed by atoms with Gasteiger partial charge in [-0.15, -0.1) is 0 Å². The zero-order valence-corrected chi connectivity index (χ0v) is 12.3. The number of carbonyl (C=O) groups is 1. The topological polar surface area (TPSA) is 55.0 Å². The third kappa shape index (κ3) is 2.57. The quantitative estimate of drug-likeness (QED) is 0.751. The number of hydrogen-bond donors (Lipinski definition) is 1. The van der Waals surface area contributed by atoms with E-state index in [4.69, 9.17) is 4.74 Å². The number of methoxy groups -OCH3 is 1. The molecule has 0 aliphatic heterocycles. The first-order valence-corrected chi connectivity index (χ1v) is 6.88. The van der Waals surface area contributed by atoms with Crippen LogP contribution in [0.5, 0.6) is 5.75 Å². The Bertz CT molecular complexity index is 855. The molecule has 3 rings (SSSR count). The number of hydrogen-bond acceptors (Lipinski definition) is 3. The molecule has 0 atom stereocenters. The van der Waals surface area contributed by atoms with E-state index in [1.165, 1.54) is 19.2 Å². The lowest BCUT2D eigenvalue weighted by molar-refractivity contribution is 0.0986. The van der Waals surface area contributed by atoms with Crippen LogP contribution in [0.4, 0.5) is 4.39 Å². The fourth-order valence-corrected chi connectivity index (χ4v) is 2.51. The lowest BCUT2D eigenvalue weighted by atomic mass is 10.0. The number of ether oxygens (including phenoxy) is 1. The average Bonchev–Trinajstić information content (AvgIpc) is 2.86. The van der Waals surface area contributed by atoms with Gasteiger partial charge in [0.1, 0.15) is 17.2 Å². The smallest absolute Gasteiger partial charge is 0.173 e. The van der Waals surface area contributed by atoms with E-state index in [9.17, 15) is 9.18 Å². The second-order valence-corrected chi connectivity index (χ2v) is 5.15. The molecule has 1 aromatic carbocycles. The standard InChI is InChI=1S/C17H15FN2O2/c1-10-6-12-7-11(9-19-17(12)20-10)8-14(21)16-13(18)4-3-5-15(16)22-2/h3-7,9H,8H2,1-2H3,(H,19,20). The van der Waals surface area contributed by atoms with Crippen molar-refractivity contribution in [2.75, 3.05) is 7.11 Å². The van der Waals surface area contributed by atoms with Crippen LogP contribution in [0.25, 0.3) is 11.0 Å². The van der Waals surface area contributed by atoms with Gasteiger partial charge in [-0.2, -0.15) is 0 Å². The first-order valence-electron chi connectivity index (χ1n) is 6.88. The minimum absolute atomic E-state index is 0.0182. The van der Waals surface area contributed by atoms with E-state index in [-0.39, 0.29) is 23.5 Å². The van der Waals surface area contributed by atoms with Crippen LogP contribution < -0.4 is 4.74 Å². The minimum atomic E-state index is -0.573. The summed E-state index contributed by atoms with van der Waals surface area (Å²) in [6, 6.07) is 8.19. The number of aryl methyl sites for hydroxylation is 1. The summed E-state index contributed by atoms with van der Waals surface area (Å²) in [6.45, 7) is 1.94. The zero-order chi connectivity index (χ0) is 15.7. The van der Waals surface area contributed by atoms with Gasteiger partial charge in [-0.05, 0) is 36.8 Å². The molecular weight excluding hydrogens is 283 g/mol. The first kappa shape index (κ1) is 14.3. The molecule has 1 N–H and O–H groups in total. The number of pyridine rings is 1. The fourth-order valence-electron chi connectivity index (χ4n) is 2.51. The second kappa shape index (κ2) is 5.60. The summed E-state index contributed by atoms with van der Waals surface area (Å²) in [5, 5.41) is 0.934. The van der Waals surface area contributed by atoms with Crippen molar-refractivity contribution in [3.63, 3.8) is 0 Å². The summed E-state index contributed by atoms with van der Waals surface area (Å²) in [5.74, 6) is -0.657. The van der Waals surface area contributed by atoms with Crippen molar-refractivity contribution >= 4 is 16.8 Å². The molecule has 3 aromatic rings. The van der Waals surface area contributed by atoms with Crippen molar-refractivity contribution in [3.8, 4) is 5.75 Å². The van der Waals surface area contributed by atoms with E-state index in [1.54, 1.807) is 12.3 Å². The largest absolute Gasteiger partial charge is 0.496 e. The molecule has 22 heavy (non-hydrogen) atoms. The van der Waals surface area contributed by atoms with Gasteiger partial charge in [0.15, 0.2) is 5.78 Å². The molecular formula is C17H15FN2O2. The van der Waals surface area contributed by atoms with Crippen molar-refractivity contribution in [1.29, 1.82) is 0 Å². The number of halogens is 1. The van der Waals surface area contributed by atoms with Gasteiger partial charge in [0, 0.05) is 23.7 Å². The molecule has 5 heteroatoms. The number of aromatic nitrogens is 2. The summed E-state index contributed by atoms with van der Waals surface area (Å²) in [6.07, 6.45) is 1.70. The number of carbonyl (C=O) groups excluding carboxylic acids is 1. The molecule has 0 aliphatic rings. The highest BCUT2D eigenvalue weighted by Crippen LogP contribution is 2.23. The first-order chi connectivity index (χ1) is 10.6. The Morgan fingerprint density at radius 1 is 1.36 bits per heavy atom. The summed E-state index contributed by atoms with van der Waals surface area (Å²) >= 11 is 0. The van der Waals surface area contributed by atoms with Crippen LogP contribution in [0, 0.1) is 12.7 Å². The second-order valence-electron chi connectivity index (χ2n) is 5.15. The maximum absolute atomic E-state index is 13.9. The Balaban J connectivity index is 1.93. The molecule has 2 heterocycles. The summed E-state index contributed by atoms with van der Waals surface area (Å²) in [7, 11) is 1.42. The molecule has 0 bridgehead atoms. The predicted molar refractivity (Wildman–Crippen MR) is 81.8 cm³/mol. The van der Waals surface area contributed by atoms with Crippen LogP contribution in [0.15, 0.2) is 36.5 Å². The van der Waals surface area contributed by atoms with Gasteiger partial charge in [0.2, 0.25) is 0 Å². The van der Waals surface area contributed by atoms with Crippen LogP contribution in [0.2, 0.25) is 0 Å². The molecule has 4 nitrogen and oxygen atoms in total. The van der Waals surface area contributed by atoms with Crippen LogP contribution in [0.1, 0.15) is 21.6 Å². The molecule has 0 amide bonds. The van der Waals surface area contributed by atoms with Gasteiger partial charge in [0.25, 0.3) is 0 Å². The van der Waals surface area contributed by atoms with E-state index in [0.29, 0.717) is 0 Å². The molecule has 0 fully saturated rings. The molecule has 0 spiro atoms. The minimum Gasteiger partial charge on any atom is -0.496 e. The highest BCUT2D eigenvalue weighted by Gasteiger charge is 2.18. The van der Waals surface area contributed by atoms with Crippen LogP contribution in [0.3, 0.4) is 0 Å². The number of aromatic amines is 1. The fraction of sp³-hybridized carbons (Fsp3) is 0.176. The molecule has 0 aliphatic carbocycles. The molecule has 0 unspecified atom stereocenters. The highest BCUT2D eigenvalue weighted by molar-refractivity contribution is 6.00. The van der Waals surface area contributed by atoms with E-state index < -0.39 is 5.82 Å². The number of rotatable bonds is 4. The lowest BCUT2D eigenvalue weighted by Crippen LogP contribution is -2.08. The molecule has 0 saturated heterocycles. The molecule has 112 valence electrons. The van der Waals surface area contributed by atoms with E-state index in [0.717, 1.165) is 22.3 Å². The van der Waals surface area contributed by atoms with Gasteiger partial charge >= 0.3 is 0 Å². The van der Waals surface area contributed by atoms with Crippen molar-refractivity contribution in [3.05, 3.63) is 59.2 Å². The Morgan fingerprint density at radius 2 is 2.18 bits per heavy atom. The third-order valence-electron chi connectivity index (χ3n) is 3.50. The number of nitrogens with one attached hydrogen (secondary N) is 1. The Hall–Kier alpha value is -2.69. The number of fused-ring (bicyclic) bond motifs is 1. The van der Waals surface area contributed by atoms with E-state index in [1.807, 2.05) is 19.1 Å². The average molecular weight is 298 g/mol. The molecule has 2 aromatic heterocycles. The van der Waals surface area contributed by atoms with Crippen LogP contribution >= 0.6 is 0 Å². The normalized spacial score (nSPS) is 10.9. The van der Waals surface area contributed by atoms with Crippen molar-refractivity contribution in [1.82, 2.24) is 9.97 Å². The van der Waals surface area contributed by atoms with Gasteiger partial charge in [-0.25, -0.2) is 9.37 Å². The van der Waals surface area contributed by atoms with E-state index in [2.05, 4.69) is 9.97 Å². The number of ketones is 1. The van der Waals surface area contributed by atoms with E-state index >= 15 is 0 Å². The zero-order valence-electron chi connectivity index (χ0n) is 12.3. The summed E-state index contributed by atoms with van der Waals surface area (Å²) in [4.78, 5) is 19.8. The van der Waals surface area contributed by atoms with Gasteiger partial charge in [-0.3, -0.25) is 4.79 Å². The number of Topliss-reactive ketones (excluding diaryl/α,β-unsaturated/α-hetero) is 1. The lowest BCUT2D eigenvalue weighted by Gasteiger charge is -2.08. The highest BCUT2D eigenvalue weighted by atomic mass is 19.1. The Kier molecular flexibility index (Phi) is 3.63. The summed E-state index contributed by atoms with van der Waals surface area (Å²) in [5.41, 5.74) is 2.50. The van der Waals surface area contributed by atoms with Crippen molar-refractivity contribution in [2.45, 2.75) is 13.3 Å².